The van der Waals surface area contributed by atoms with Gasteiger partial charge in [0.1, 0.15) is 90.8 Å². The third-order valence-corrected chi connectivity index (χ3v) is 26.1. The number of Topliss-reactive ketones (excluding diaryl/α,β-unsaturated/α-hetero) is 1. The van der Waals surface area contributed by atoms with Gasteiger partial charge in [0.05, 0.1) is 37.5 Å². The number of nitrogens with two attached hydrogens (primary N) is 3. The molecular formula is C96H134N20O23S. The lowest BCUT2D eigenvalue weighted by molar-refractivity contribution is -0.149. The number of benzene rings is 3. The van der Waals surface area contributed by atoms with Crippen molar-refractivity contribution in [3.63, 3.8) is 0 Å². The van der Waals surface area contributed by atoms with Crippen molar-refractivity contribution < 1.29 is 112 Å². The second kappa shape index (κ2) is 53.0. The Morgan fingerprint density at radius 1 is 0.614 bits per heavy atom. The number of aliphatic hydroxyl groups excluding tert-OH is 2. The van der Waals surface area contributed by atoms with Gasteiger partial charge in [-0.05, 0) is 105 Å². The molecule has 0 bridgehead atoms. The molecule has 0 unspecified atom stereocenters. The molecule has 0 aliphatic carbocycles. The Morgan fingerprint density at radius 3 is 1.83 bits per heavy atom. The molecule has 43 nitrogen and oxygen atoms in total. The van der Waals surface area contributed by atoms with Gasteiger partial charge in [0.25, 0.3) is 0 Å². The van der Waals surface area contributed by atoms with Gasteiger partial charge in [0, 0.05) is 119 Å². The highest BCUT2D eigenvalue weighted by molar-refractivity contribution is 8.00. The van der Waals surface area contributed by atoms with Gasteiger partial charge >= 0.3 is 5.97 Å². The maximum Gasteiger partial charge on any atom is 0.323 e. The van der Waals surface area contributed by atoms with Gasteiger partial charge in [0.15, 0.2) is 5.78 Å². The Balaban J connectivity index is 1.21. The van der Waals surface area contributed by atoms with Crippen LogP contribution in [0.2, 0.25) is 0 Å². The highest BCUT2D eigenvalue weighted by Crippen LogP contribution is 2.31. The minimum absolute atomic E-state index is 0.0319. The quantitative estimate of drug-likeness (QED) is 0.0241. The maximum atomic E-state index is 15.9. The number of aromatic nitrogens is 2. The fourth-order valence-corrected chi connectivity index (χ4v) is 18.3. The molecule has 3 fully saturated rings. The van der Waals surface area contributed by atoms with Crippen LogP contribution in [0.1, 0.15) is 155 Å². The number of carboxylic acids is 1. The number of carboxylic acid groups (broad SMARTS) is 1. The van der Waals surface area contributed by atoms with E-state index in [1.54, 1.807) is 82.4 Å². The predicted octanol–water partition coefficient (Wildman–Crippen LogP) is -2.00. The molecule has 5 aromatic rings. The van der Waals surface area contributed by atoms with Gasteiger partial charge in [-0.15, -0.1) is 24.1 Å². The molecule has 2 aromatic heterocycles. The van der Waals surface area contributed by atoms with Gasteiger partial charge in [-0.2, -0.15) is 0 Å². The topological polar surface area (TPSA) is 641 Å². The number of thioether (sulfide) groups is 1. The molecule has 16 atom stereocenters. The molecule has 8 rings (SSSR count). The van der Waals surface area contributed by atoms with E-state index in [9.17, 15) is 73.2 Å². The third-order valence-electron chi connectivity index (χ3n) is 25.1. The molecule has 17 amide bonds. The van der Waals surface area contributed by atoms with Crippen molar-refractivity contribution in [3.8, 4) is 18.1 Å². The number of hydrogen-bond acceptors (Lipinski definition) is 24. The summed E-state index contributed by atoms with van der Waals surface area (Å²) in [5.74, 6) is -19.7. The summed E-state index contributed by atoms with van der Waals surface area (Å²) in [6.45, 7) is 8.08. The van der Waals surface area contributed by atoms with Crippen molar-refractivity contribution in [2.45, 2.75) is 255 Å². The van der Waals surface area contributed by atoms with E-state index in [0.29, 0.717) is 57.8 Å². The molecule has 0 saturated carbocycles. The number of fused-ring (bicyclic) bond motifs is 4. The van der Waals surface area contributed by atoms with E-state index in [1.807, 2.05) is 13.8 Å². The van der Waals surface area contributed by atoms with Crippen LogP contribution in [0, 0.1) is 30.1 Å². The number of aromatic hydroxyl groups is 1. The Labute approximate surface area is 815 Å². The molecule has 3 saturated heterocycles. The second-order valence-electron chi connectivity index (χ2n) is 36.7. The summed E-state index contributed by atoms with van der Waals surface area (Å²) in [5.41, 5.74) is 19.6. The lowest BCUT2D eigenvalue weighted by Gasteiger charge is -2.36. The maximum absolute atomic E-state index is 15.9. The Morgan fingerprint density at radius 2 is 1.19 bits per heavy atom. The first-order chi connectivity index (χ1) is 66.4. The number of H-pyrrole nitrogens is 1. The monoisotopic (exact) mass is 1970 g/mol. The van der Waals surface area contributed by atoms with Crippen LogP contribution in [0.15, 0.2) is 85.2 Å². The van der Waals surface area contributed by atoms with E-state index in [4.69, 9.17) is 23.6 Å². The van der Waals surface area contributed by atoms with Gasteiger partial charge in [-0.1, -0.05) is 116 Å². The van der Waals surface area contributed by atoms with Crippen molar-refractivity contribution in [2.75, 3.05) is 65.4 Å². The first-order valence-electron chi connectivity index (χ1n) is 47.0. The zero-order chi connectivity index (χ0) is 103. The highest BCUT2D eigenvalue weighted by atomic mass is 32.2. The number of carbonyl (C=O) groups is 19. The minimum atomic E-state index is -1.93. The van der Waals surface area contributed by atoms with Gasteiger partial charge < -0.3 is 125 Å². The zero-order valence-corrected chi connectivity index (χ0v) is 81.4. The van der Waals surface area contributed by atoms with Crippen molar-refractivity contribution in [1.29, 1.82) is 0 Å². The molecule has 140 heavy (non-hydrogen) atoms. The van der Waals surface area contributed by atoms with Crippen LogP contribution in [0.25, 0.3) is 21.8 Å². The van der Waals surface area contributed by atoms with Crippen LogP contribution in [0.3, 0.4) is 0 Å². The van der Waals surface area contributed by atoms with Gasteiger partial charge in [-0.3, -0.25) is 91.1 Å². The fourth-order valence-electron chi connectivity index (χ4n) is 17.4. The first kappa shape index (κ1) is 112. The number of nitrogens with zero attached hydrogens (tertiary/aromatic N) is 6. The molecule has 3 aliphatic heterocycles. The fraction of sp³-hybridized carbons (Fsp3) is 0.552. The average Bonchev–Trinajstić information content (AvgIpc) is 1.61. The smallest absolute Gasteiger partial charge is 0.323 e. The van der Waals surface area contributed by atoms with Crippen molar-refractivity contribution in [1.82, 2.24) is 87.2 Å². The number of aliphatic carboxylic acids is 1. The van der Waals surface area contributed by atoms with Crippen LogP contribution >= 0.6 is 11.8 Å². The van der Waals surface area contributed by atoms with Crippen molar-refractivity contribution in [2.24, 2.45) is 35.0 Å². The lowest BCUT2D eigenvalue weighted by Crippen LogP contribution is -2.61. The summed E-state index contributed by atoms with van der Waals surface area (Å²) in [6, 6.07) is -2.84. The van der Waals surface area contributed by atoms with Crippen molar-refractivity contribution in [3.05, 3.63) is 102 Å². The summed E-state index contributed by atoms with van der Waals surface area (Å²) in [4.78, 5) is 285. The van der Waals surface area contributed by atoms with Crippen LogP contribution in [0.5, 0.6) is 5.75 Å². The molecule has 44 heteroatoms. The largest absolute Gasteiger partial charge is 0.508 e. The van der Waals surface area contributed by atoms with Gasteiger partial charge in [0.2, 0.25) is 100 Å². The number of nitrogens with one attached hydrogen (secondary N) is 11. The van der Waals surface area contributed by atoms with Crippen LogP contribution in [0.4, 0.5) is 0 Å². The standard InChI is InChI=1S/C96H134N20O23S/c1-12-15-26-74-90(133)104-65(35-52(4)5)87(130)110-72(86(129)101-45-80(122)102-64(22-14-3)83(99)126)50-140-51-81(123)103-67(37-55-30-32-59(118)33-31-55)92(135)111(9)54(8)84(127)105-69(42-79(98)121)94(137)115-34-21-29-75(115)91(134)108-70(43-97)88(131)106-66(36-53(6)7)95(138)116-47-60(119)41-77(116)78(120)40-56(38-57-44-100-63-25-19-17-23-61(57)63)85(128)109-71(49-117)89(132)107-68(93(136)113(11)76(27-16-13-2)96(139)112(74)10)39-58-46-114(48-82(124)125)73-28-20-18-24-62(58)73/h3,17-20,23-25,28,30-33,44,46,52-54,56,60,64-72,74-77,100,117-119H,12-13,15-16,21-22,26-27,29,34-43,45,47-51,97H2,1-2,4-11H3,(H2,98,121)(H2,99,126)(H,101,129)(H,102,122)(H,103,123)(H,104,133)(H,105,127)(H,106,131)(H,107,132)(H,108,134)(H,109,128)(H,110,130)(H,124,125)/t54-,56+,60+,64-,65-,66-,67-,68-,69-,70-,71-,72-,74-,75-,76-,77-/m0/s1. The molecule has 3 aliphatic rings. The highest BCUT2D eigenvalue weighted by Gasteiger charge is 2.47. The second-order valence-corrected chi connectivity index (χ2v) is 37.7. The number of phenolic OH excluding ortho intramolecular Hbond substituents is 1. The number of hydrogen-bond donors (Lipinski definition) is 18. The van der Waals surface area contributed by atoms with Crippen LogP contribution in [-0.2, 0) is 117 Å². The number of phenols is 1. The first-order valence-corrected chi connectivity index (χ1v) is 48.2. The van der Waals surface area contributed by atoms with E-state index in [1.165, 1.54) is 63.1 Å². The predicted molar refractivity (Wildman–Crippen MR) is 515 cm³/mol. The molecule has 5 heterocycles. The van der Waals surface area contributed by atoms with Crippen LogP contribution < -0.4 is 70.4 Å². The normalized spacial score (nSPS) is 24.6. The van der Waals surface area contributed by atoms with Crippen molar-refractivity contribution >= 4 is 146 Å². The molecule has 762 valence electrons. The zero-order valence-electron chi connectivity index (χ0n) is 80.6. The number of para-hydroxylation sites is 2. The molecule has 3 aromatic carbocycles. The number of unbranched alkanes of at least 4 members (excludes halogenated alkanes) is 2. The Kier molecular flexibility index (Phi) is 42.3. The number of carbonyl (C=O) groups excluding carboxylic acids is 18. The summed E-state index contributed by atoms with van der Waals surface area (Å²) in [6.07, 6.45) is 5.27. The van der Waals surface area contributed by atoms with Crippen LogP contribution in [-0.4, -0.2) is 323 Å². The van der Waals surface area contributed by atoms with E-state index >= 15 is 38.4 Å². The molecule has 21 N–H and O–H groups in total. The summed E-state index contributed by atoms with van der Waals surface area (Å²) >= 11 is 0.734. The van der Waals surface area contributed by atoms with E-state index in [0.717, 1.165) is 36.3 Å². The summed E-state index contributed by atoms with van der Waals surface area (Å²) < 4.78 is 1.41. The minimum Gasteiger partial charge on any atom is -0.508 e. The number of amides is 17. The van der Waals surface area contributed by atoms with E-state index in [-0.39, 0.29) is 88.8 Å². The van der Waals surface area contributed by atoms with E-state index < -0.39 is 278 Å². The number of aliphatic hydroxyl groups is 2. The van der Waals surface area contributed by atoms with Gasteiger partial charge in [-0.25, -0.2) is 0 Å². The molecule has 0 radical (unpaired) electrons. The number of primary amides is 2. The van der Waals surface area contributed by atoms with E-state index in [2.05, 4.69) is 64.1 Å². The Hall–Kier alpha value is -13.5. The Bertz CT molecular complexity index is 5350. The third kappa shape index (κ3) is 31.0. The SMILES string of the molecule is C#CC[C@H](NC(=O)CNC(=O)[C@@H]1CSCC(=O)N[C@@H](Cc2ccc(O)cc2)C(=O)N(C)[C@@H](C)C(=O)N[C@@H](CC(N)=O)C(=O)N2CCC[C@H]2C(=O)N[C@@H](CN)C(=O)N[C@@H](CC(C)C)C(=O)N2C[C@H](O)C[C@H]2C(=O)C[C@@H](Cc2c[nH]c3ccccc23)C(=O)N[C@@H](CO)C(=O)N[C@@H](Cc2cn(CC(=O)O)c3ccccc23)C(=O)N(C)[C@@H](CCCC)C(=O)N(C)[C@@H](CCCC)C(=O)N[C@@H](CC(C)C)C(=O)N1)C(N)=O. The molecular weight excluding hydrogens is 1830 g/mol. The number of ketones is 1. The summed E-state index contributed by atoms with van der Waals surface area (Å²) in [7, 11) is 3.82. The average molecular weight is 1970 g/mol. The number of aromatic amines is 1. The number of likely N-dealkylation sites (N-methyl/N-ethyl adjacent to an activating group) is 3. The lowest BCUT2D eigenvalue weighted by atomic mass is 9.90. The number of terminal acetylenes is 1. The number of rotatable bonds is 28. The summed E-state index contributed by atoms with van der Waals surface area (Å²) in [5, 5.41) is 70.0. The molecule has 0 spiro atoms.